The standard InChI is InChI=1S/C12H11N3O/c1-8-2-4-9(5-3-8)12-14-6-10(7-16)11(13)15-12/h2-7H,1H3,(H2,13,14,15). The molecule has 0 amide bonds. The molecule has 2 aromatic rings. The maximum Gasteiger partial charge on any atom is 0.161 e. The fourth-order valence-electron chi connectivity index (χ4n) is 1.34. The lowest BCUT2D eigenvalue weighted by Crippen LogP contribution is -2.00. The van der Waals surface area contributed by atoms with E-state index in [9.17, 15) is 4.79 Å². The summed E-state index contributed by atoms with van der Waals surface area (Å²) in [6.07, 6.45) is 2.08. The van der Waals surface area contributed by atoms with Crippen molar-refractivity contribution in [1.82, 2.24) is 9.97 Å². The number of carbonyl (C=O) groups is 1. The van der Waals surface area contributed by atoms with E-state index in [-0.39, 0.29) is 5.82 Å². The largest absolute Gasteiger partial charge is 0.383 e. The van der Waals surface area contributed by atoms with E-state index in [1.807, 2.05) is 31.2 Å². The molecule has 0 saturated carbocycles. The summed E-state index contributed by atoms with van der Waals surface area (Å²) in [5, 5.41) is 0. The van der Waals surface area contributed by atoms with Crippen LogP contribution in [0.3, 0.4) is 0 Å². The van der Waals surface area contributed by atoms with Crippen molar-refractivity contribution in [3.63, 3.8) is 0 Å². The Balaban J connectivity index is 2.45. The summed E-state index contributed by atoms with van der Waals surface area (Å²) >= 11 is 0. The van der Waals surface area contributed by atoms with Gasteiger partial charge in [-0.2, -0.15) is 0 Å². The zero-order valence-electron chi connectivity index (χ0n) is 8.84. The zero-order chi connectivity index (χ0) is 11.5. The second kappa shape index (κ2) is 4.10. The number of aryl methyl sites for hydroxylation is 1. The number of hydrogen-bond acceptors (Lipinski definition) is 4. The summed E-state index contributed by atoms with van der Waals surface area (Å²) < 4.78 is 0. The van der Waals surface area contributed by atoms with E-state index >= 15 is 0 Å². The van der Waals surface area contributed by atoms with E-state index in [1.54, 1.807) is 0 Å². The Kier molecular flexibility index (Phi) is 2.64. The summed E-state index contributed by atoms with van der Waals surface area (Å²) in [4.78, 5) is 18.7. The number of hydrogen-bond donors (Lipinski definition) is 1. The van der Waals surface area contributed by atoms with Gasteiger partial charge in [0.05, 0.1) is 5.56 Å². The highest BCUT2D eigenvalue weighted by Crippen LogP contribution is 2.17. The average Bonchev–Trinajstić information content (AvgIpc) is 2.30. The molecule has 4 heteroatoms. The van der Waals surface area contributed by atoms with Crippen molar-refractivity contribution in [1.29, 1.82) is 0 Å². The fourth-order valence-corrected chi connectivity index (χ4v) is 1.34. The van der Waals surface area contributed by atoms with Gasteiger partial charge in [-0.25, -0.2) is 9.97 Å². The van der Waals surface area contributed by atoms with Crippen molar-refractivity contribution in [2.45, 2.75) is 6.92 Å². The van der Waals surface area contributed by atoms with Crippen LogP contribution in [0.1, 0.15) is 15.9 Å². The third kappa shape index (κ3) is 1.91. The molecule has 0 fully saturated rings. The van der Waals surface area contributed by atoms with Crippen LogP contribution in [0, 0.1) is 6.92 Å². The van der Waals surface area contributed by atoms with Gasteiger partial charge in [0, 0.05) is 11.8 Å². The number of aldehydes is 1. The number of nitrogen functional groups attached to an aromatic ring is 1. The van der Waals surface area contributed by atoms with Gasteiger partial charge in [0.2, 0.25) is 0 Å². The predicted molar refractivity (Wildman–Crippen MR) is 62.0 cm³/mol. The van der Waals surface area contributed by atoms with E-state index in [0.29, 0.717) is 17.7 Å². The lowest BCUT2D eigenvalue weighted by Gasteiger charge is -2.02. The van der Waals surface area contributed by atoms with Crippen LogP contribution in [0.15, 0.2) is 30.5 Å². The first-order chi connectivity index (χ1) is 7.70. The lowest BCUT2D eigenvalue weighted by atomic mass is 10.1. The van der Waals surface area contributed by atoms with Crippen LogP contribution in [-0.4, -0.2) is 16.3 Å². The summed E-state index contributed by atoms with van der Waals surface area (Å²) in [6.45, 7) is 2.01. The van der Waals surface area contributed by atoms with Gasteiger partial charge in [-0.15, -0.1) is 0 Å². The first-order valence-corrected chi connectivity index (χ1v) is 4.85. The Labute approximate surface area is 93.2 Å². The van der Waals surface area contributed by atoms with Gasteiger partial charge in [0.15, 0.2) is 12.1 Å². The molecule has 4 nitrogen and oxygen atoms in total. The molecule has 0 spiro atoms. The average molecular weight is 213 g/mol. The van der Waals surface area contributed by atoms with Gasteiger partial charge in [-0.3, -0.25) is 4.79 Å². The summed E-state index contributed by atoms with van der Waals surface area (Å²) in [7, 11) is 0. The van der Waals surface area contributed by atoms with Crippen LogP contribution in [-0.2, 0) is 0 Å². The molecule has 1 aromatic carbocycles. The highest BCUT2D eigenvalue weighted by atomic mass is 16.1. The Hall–Kier alpha value is -2.23. The van der Waals surface area contributed by atoms with E-state index in [1.165, 1.54) is 11.8 Å². The minimum absolute atomic E-state index is 0.209. The molecular formula is C12H11N3O. The molecule has 2 N–H and O–H groups in total. The van der Waals surface area contributed by atoms with Gasteiger partial charge in [-0.05, 0) is 6.92 Å². The Bertz CT molecular complexity index is 520. The van der Waals surface area contributed by atoms with Crippen molar-refractivity contribution >= 4 is 12.1 Å². The predicted octanol–water partition coefficient (Wildman–Crippen LogP) is 1.85. The molecule has 0 unspecified atom stereocenters. The van der Waals surface area contributed by atoms with Crippen LogP contribution in [0.2, 0.25) is 0 Å². The molecule has 16 heavy (non-hydrogen) atoms. The van der Waals surface area contributed by atoms with Crippen LogP contribution in [0.25, 0.3) is 11.4 Å². The molecule has 1 heterocycles. The third-order valence-electron chi connectivity index (χ3n) is 2.28. The Morgan fingerprint density at radius 3 is 2.50 bits per heavy atom. The molecule has 0 aliphatic carbocycles. The van der Waals surface area contributed by atoms with E-state index in [4.69, 9.17) is 5.73 Å². The number of benzene rings is 1. The van der Waals surface area contributed by atoms with Gasteiger partial charge in [-0.1, -0.05) is 29.8 Å². The van der Waals surface area contributed by atoms with E-state index in [0.717, 1.165) is 5.56 Å². The number of nitrogens with two attached hydrogens (primary N) is 1. The van der Waals surface area contributed by atoms with Crippen molar-refractivity contribution < 1.29 is 4.79 Å². The molecule has 80 valence electrons. The number of nitrogens with zero attached hydrogens (tertiary/aromatic N) is 2. The van der Waals surface area contributed by atoms with Gasteiger partial charge >= 0.3 is 0 Å². The molecule has 0 aliphatic rings. The lowest BCUT2D eigenvalue weighted by molar-refractivity contribution is 0.112. The normalized spacial score (nSPS) is 10.1. The van der Waals surface area contributed by atoms with Crippen LogP contribution < -0.4 is 5.73 Å². The van der Waals surface area contributed by atoms with Gasteiger partial charge in [0.25, 0.3) is 0 Å². The zero-order valence-corrected chi connectivity index (χ0v) is 8.84. The molecule has 0 radical (unpaired) electrons. The number of anilines is 1. The third-order valence-corrected chi connectivity index (χ3v) is 2.28. The second-order valence-electron chi connectivity index (χ2n) is 3.52. The van der Waals surface area contributed by atoms with Crippen molar-refractivity contribution in [2.24, 2.45) is 0 Å². The van der Waals surface area contributed by atoms with Gasteiger partial charge in [0.1, 0.15) is 5.82 Å². The molecule has 2 rings (SSSR count). The first-order valence-electron chi connectivity index (χ1n) is 4.85. The van der Waals surface area contributed by atoms with Crippen molar-refractivity contribution in [3.05, 3.63) is 41.6 Å². The highest BCUT2D eigenvalue weighted by Gasteiger charge is 2.04. The maximum atomic E-state index is 10.6. The molecule has 0 atom stereocenters. The second-order valence-corrected chi connectivity index (χ2v) is 3.52. The molecule has 0 saturated heterocycles. The van der Waals surface area contributed by atoms with Crippen LogP contribution in [0.4, 0.5) is 5.82 Å². The van der Waals surface area contributed by atoms with Gasteiger partial charge < -0.3 is 5.73 Å². The summed E-state index contributed by atoms with van der Waals surface area (Å²) in [5.41, 5.74) is 7.98. The molecule has 0 aliphatic heterocycles. The SMILES string of the molecule is Cc1ccc(-c2ncc(C=O)c(N)n2)cc1. The first kappa shape index (κ1) is 10.3. The van der Waals surface area contributed by atoms with Crippen LogP contribution in [0.5, 0.6) is 0 Å². The van der Waals surface area contributed by atoms with Crippen molar-refractivity contribution in [2.75, 3.05) is 5.73 Å². The Morgan fingerprint density at radius 2 is 1.94 bits per heavy atom. The van der Waals surface area contributed by atoms with Crippen molar-refractivity contribution in [3.8, 4) is 11.4 Å². The van der Waals surface area contributed by atoms with E-state index < -0.39 is 0 Å². The monoisotopic (exact) mass is 213 g/mol. The topological polar surface area (TPSA) is 68.9 Å². The minimum Gasteiger partial charge on any atom is -0.383 e. The summed E-state index contributed by atoms with van der Waals surface area (Å²) in [5.74, 6) is 0.740. The molecule has 1 aromatic heterocycles. The minimum atomic E-state index is 0.209. The number of aromatic nitrogens is 2. The summed E-state index contributed by atoms with van der Waals surface area (Å²) in [6, 6.07) is 7.79. The molecular weight excluding hydrogens is 202 g/mol. The quantitative estimate of drug-likeness (QED) is 0.773. The maximum absolute atomic E-state index is 10.6. The van der Waals surface area contributed by atoms with Crippen LogP contribution >= 0.6 is 0 Å². The molecule has 0 bridgehead atoms. The number of carbonyl (C=O) groups excluding carboxylic acids is 1. The smallest absolute Gasteiger partial charge is 0.161 e. The highest BCUT2D eigenvalue weighted by molar-refractivity contribution is 5.81. The fraction of sp³-hybridized carbons (Fsp3) is 0.0833. The number of rotatable bonds is 2. The Morgan fingerprint density at radius 1 is 1.25 bits per heavy atom. The van der Waals surface area contributed by atoms with E-state index in [2.05, 4.69) is 9.97 Å².